The van der Waals surface area contributed by atoms with Crippen molar-refractivity contribution in [2.45, 2.75) is 25.9 Å². The quantitative estimate of drug-likeness (QED) is 0.607. The molecule has 1 aromatic carbocycles. The van der Waals surface area contributed by atoms with E-state index in [1.54, 1.807) is 36.2 Å². The molecule has 0 saturated carbocycles. The van der Waals surface area contributed by atoms with Gasteiger partial charge in [-0.3, -0.25) is 9.69 Å². The number of anilines is 1. The number of amides is 2. The van der Waals surface area contributed by atoms with E-state index in [9.17, 15) is 14.7 Å². The van der Waals surface area contributed by atoms with Gasteiger partial charge in [0, 0.05) is 18.3 Å². The van der Waals surface area contributed by atoms with E-state index in [2.05, 4.69) is 10.6 Å². The summed E-state index contributed by atoms with van der Waals surface area (Å²) in [6, 6.07) is 5.48. The van der Waals surface area contributed by atoms with E-state index in [0.717, 1.165) is 0 Å². The Morgan fingerprint density at radius 3 is 2.27 bits per heavy atom. The fraction of sp³-hybridized carbons (Fsp3) is 0.467. The number of aliphatic hydroxyl groups is 1. The molecule has 2 amide bonds. The molecule has 7 nitrogen and oxygen atoms in total. The molecule has 1 rings (SSSR count). The zero-order chi connectivity index (χ0) is 16.7. The molecule has 0 aromatic heterocycles. The van der Waals surface area contributed by atoms with Crippen LogP contribution in [-0.4, -0.2) is 53.4 Å². The summed E-state index contributed by atoms with van der Waals surface area (Å²) in [5.41, 5.74) is 1.16. The van der Waals surface area contributed by atoms with Gasteiger partial charge in [-0.1, -0.05) is 12.1 Å². The molecule has 1 aromatic rings. The van der Waals surface area contributed by atoms with Crippen LogP contribution in [0.2, 0.25) is 0 Å². The number of likely N-dealkylation sites (N-methyl/N-ethyl adjacent to an activating group) is 1. The van der Waals surface area contributed by atoms with Crippen molar-refractivity contribution >= 4 is 17.7 Å². The number of carbonyl (C=O) groups is 2. The first-order valence-electron chi connectivity index (χ1n) is 7.06. The summed E-state index contributed by atoms with van der Waals surface area (Å²) in [6.07, 6.45) is 0. The lowest BCUT2D eigenvalue weighted by Crippen LogP contribution is -2.34. The van der Waals surface area contributed by atoms with Gasteiger partial charge in [-0.25, -0.2) is 4.79 Å². The van der Waals surface area contributed by atoms with Crippen LogP contribution >= 0.6 is 0 Å². The number of aliphatic carboxylic acids is 1. The summed E-state index contributed by atoms with van der Waals surface area (Å²) < 4.78 is 0. The van der Waals surface area contributed by atoms with Crippen LogP contribution in [0.3, 0.4) is 0 Å². The zero-order valence-corrected chi connectivity index (χ0v) is 13.0. The molecule has 0 saturated heterocycles. The van der Waals surface area contributed by atoms with Gasteiger partial charge in [0.25, 0.3) is 0 Å². The summed E-state index contributed by atoms with van der Waals surface area (Å²) in [5, 5.41) is 23.6. The Morgan fingerprint density at radius 2 is 1.82 bits per heavy atom. The largest absolute Gasteiger partial charge is 0.480 e. The predicted molar refractivity (Wildman–Crippen MR) is 83.8 cm³/mol. The number of carbonyl (C=O) groups excluding carboxylic acids is 1. The number of carboxylic acids is 1. The molecule has 0 fully saturated rings. The van der Waals surface area contributed by atoms with E-state index < -0.39 is 12.0 Å². The van der Waals surface area contributed by atoms with Crippen molar-refractivity contribution in [3.05, 3.63) is 29.8 Å². The molecule has 0 aliphatic rings. The van der Waals surface area contributed by atoms with Crippen LogP contribution in [0.25, 0.3) is 0 Å². The Balaban J connectivity index is 2.81. The van der Waals surface area contributed by atoms with Crippen LogP contribution in [-0.2, 0) is 4.79 Å². The molecule has 4 N–H and O–H groups in total. The molecule has 7 heteroatoms. The minimum Gasteiger partial charge on any atom is -0.480 e. The van der Waals surface area contributed by atoms with E-state index in [1.807, 2.05) is 13.8 Å². The molecular formula is C15H23N3O4. The maximum atomic E-state index is 11.6. The molecule has 0 aliphatic heterocycles. The van der Waals surface area contributed by atoms with Crippen LogP contribution in [0.15, 0.2) is 24.3 Å². The van der Waals surface area contributed by atoms with E-state index in [0.29, 0.717) is 11.3 Å². The molecule has 0 radical (unpaired) electrons. The normalized spacial score (nSPS) is 12.3. The van der Waals surface area contributed by atoms with E-state index >= 15 is 0 Å². The predicted octanol–water partition coefficient (Wildman–Crippen LogP) is 1.27. The maximum Gasteiger partial charge on any atom is 0.325 e. The highest BCUT2D eigenvalue weighted by Gasteiger charge is 2.24. The number of nitrogens with one attached hydrogen (secondary N) is 2. The minimum atomic E-state index is -0.991. The van der Waals surface area contributed by atoms with Crippen LogP contribution in [0.4, 0.5) is 10.5 Å². The highest BCUT2D eigenvalue weighted by atomic mass is 16.4. The molecule has 122 valence electrons. The summed E-state index contributed by atoms with van der Waals surface area (Å²) in [7, 11) is 1.64. The molecule has 22 heavy (non-hydrogen) atoms. The fourth-order valence-electron chi connectivity index (χ4n) is 2.05. The number of urea groups is 1. The Hall–Kier alpha value is -2.12. The van der Waals surface area contributed by atoms with E-state index in [4.69, 9.17) is 5.11 Å². The van der Waals surface area contributed by atoms with Gasteiger partial charge in [-0.2, -0.15) is 0 Å². The second-order valence-electron chi connectivity index (χ2n) is 5.32. The van der Waals surface area contributed by atoms with Crippen LogP contribution in [0, 0.1) is 0 Å². The zero-order valence-electron chi connectivity index (χ0n) is 13.0. The third kappa shape index (κ3) is 5.34. The SMILES string of the molecule is CC(C)NC(=O)Nc1ccc([C@H](C(=O)O)N(C)CCO)cc1. The van der Waals surface area contributed by atoms with Crippen molar-refractivity contribution < 1.29 is 19.8 Å². The molecule has 0 spiro atoms. The Bertz CT molecular complexity index is 502. The lowest BCUT2D eigenvalue weighted by Gasteiger charge is -2.24. The van der Waals surface area contributed by atoms with Gasteiger partial charge < -0.3 is 20.8 Å². The number of aliphatic hydroxyl groups excluding tert-OH is 1. The number of hydrogen-bond donors (Lipinski definition) is 4. The highest BCUT2D eigenvalue weighted by molar-refractivity contribution is 5.89. The van der Waals surface area contributed by atoms with Gasteiger partial charge >= 0.3 is 12.0 Å². The van der Waals surface area contributed by atoms with Gasteiger partial charge in [0.15, 0.2) is 0 Å². The Labute approximate surface area is 129 Å². The number of hydrogen-bond acceptors (Lipinski definition) is 4. The average Bonchev–Trinajstić information content (AvgIpc) is 2.39. The second-order valence-corrected chi connectivity index (χ2v) is 5.32. The molecule has 0 aliphatic carbocycles. The van der Waals surface area contributed by atoms with E-state index in [1.165, 1.54) is 0 Å². The summed E-state index contributed by atoms with van der Waals surface area (Å²) in [4.78, 5) is 24.5. The van der Waals surface area contributed by atoms with Crippen molar-refractivity contribution in [3.63, 3.8) is 0 Å². The summed E-state index contributed by atoms with van der Waals surface area (Å²) >= 11 is 0. The first kappa shape index (κ1) is 17.9. The molecular weight excluding hydrogens is 286 g/mol. The topological polar surface area (TPSA) is 102 Å². The molecule has 0 unspecified atom stereocenters. The number of benzene rings is 1. The smallest absolute Gasteiger partial charge is 0.325 e. The summed E-state index contributed by atoms with van der Waals surface area (Å²) in [6.45, 7) is 3.86. The minimum absolute atomic E-state index is 0.0304. The number of carboxylic acid groups (broad SMARTS) is 1. The van der Waals surface area contributed by atoms with Gasteiger partial charge in [0.1, 0.15) is 6.04 Å². The highest BCUT2D eigenvalue weighted by Crippen LogP contribution is 2.21. The van der Waals surface area contributed by atoms with Gasteiger partial charge in [-0.05, 0) is 38.6 Å². The fourth-order valence-corrected chi connectivity index (χ4v) is 2.05. The Kier molecular flexibility index (Phi) is 6.81. The van der Waals surface area contributed by atoms with Crippen LogP contribution < -0.4 is 10.6 Å². The van der Waals surface area contributed by atoms with Gasteiger partial charge in [0.05, 0.1) is 6.61 Å². The maximum absolute atomic E-state index is 11.6. The number of nitrogens with zero attached hydrogens (tertiary/aromatic N) is 1. The third-order valence-electron chi connectivity index (χ3n) is 3.03. The van der Waals surface area contributed by atoms with E-state index in [-0.39, 0.29) is 25.2 Å². The van der Waals surface area contributed by atoms with Crippen molar-refractivity contribution in [2.75, 3.05) is 25.5 Å². The van der Waals surface area contributed by atoms with Crippen molar-refractivity contribution in [2.24, 2.45) is 0 Å². The standard InChI is InChI=1S/C15H23N3O4/c1-10(2)16-15(22)17-12-6-4-11(5-7-12)13(14(20)21)18(3)8-9-19/h4-7,10,13,19H,8-9H2,1-3H3,(H,20,21)(H2,16,17,22)/t13-/m1/s1. The average molecular weight is 309 g/mol. The van der Waals surface area contributed by atoms with Gasteiger partial charge in [0.2, 0.25) is 0 Å². The van der Waals surface area contributed by atoms with Crippen molar-refractivity contribution in [1.29, 1.82) is 0 Å². The Morgan fingerprint density at radius 1 is 1.23 bits per heavy atom. The van der Waals surface area contributed by atoms with Crippen molar-refractivity contribution in [1.82, 2.24) is 10.2 Å². The monoisotopic (exact) mass is 309 g/mol. The van der Waals surface area contributed by atoms with Crippen LogP contribution in [0.5, 0.6) is 0 Å². The first-order valence-corrected chi connectivity index (χ1v) is 7.06. The van der Waals surface area contributed by atoms with Crippen LogP contribution in [0.1, 0.15) is 25.5 Å². The molecule has 0 heterocycles. The lowest BCUT2D eigenvalue weighted by atomic mass is 10.1. The second kappa shape index (κ2) is 8.35. The lowest BCUT2D eigenvalue weighted by molar-refractivity contribution is -0.143. The third-order valence-corrected chi connectivity index (χ3v) is 3.03. The van der Waals surface area contributed by atoms with Gasteiger partial charge in [-0.15, -0.1) is 0 Å². The van der Waals surface area contributed by atoms with Crippen molar-refractivity contribution in [3.8, 4) is 0 Å². The summed E-state index contributed by atoms with van der Waals surface area (Å²) in [5.74, 6) is -0.991. The first-order chi connectivity index (χ1) is 10.3. The number of rotatable bonds is 7. The molecule has 0 bridgehead atoms. The molecule has 1 atom stereocenters.